The molecular formula is C14H10N2S. The van der Waals surface area contributed by atoms with Crippen molar-refractivity contribution in [3.05, 3.63) is 60.1 Å². The third-order valence-electron chi connectivity index (χ3n) is 2.56. The van der Waals surface area contributed by atoms with E-state index in [1.165, 1.54) is 11.5 Å². The van der Waals surface area contributed by atoms with Crippen molar-refractivity contribution in [2.45, 2.75) is 0 Å². The molecule has 17 heavy (non-hydrogen) atoms. The summed E-state index contributed by atoms with van der Waals surface area (Å²) in [5.41, 5.74) is 4.21. The second-order valence-electron chi connectivity index (χ2n) is 3.66. The Balaban J connectivity index is 2.13. The van der Waals surface area contributed by atoms with Gasteiger partial charge in [-0.25, -0.2) is 0 Å². The highest BCUT2D eigenvalue weighted by atomic mass is 32.1. The lowest BCUT2D eigenvalue weighted by Gasteiger charge is -2.01. The molecule has 2 heterocycles. The van der Waals surface area contributed by atoms with E-state index < -0.39 is 0 Å². The van der Waals surface area contributed by atoms with E-state index in [9.17, 15) is 0 Å². The van der Waals surface area contributed by atoms with Gasteiger partial charge in [-0.05, 0) is 23.7 Å². The van der Waals surface area contributed by atoms with Gasteiger partial charge in [0.1, 0.15) is 0 Å². The summed E-state index contributed by atoms with van der Waals surface area (Å²) in [5.74, 6) is 0. The predicted octanol–water partition coefficient (Wildman–Crippen LogP) is 3.87. The van der Waals surface area contributed by atoms with Crippen LogP contribution in [0.3, 0.4) is 0 Å². The highest BCUT2D eigenvalue weighted by molar-refractivity contribution is 7.04. The Kier molecular flexibility index (Phi) is 2.68. The van der Waals surface area contributed by atoms with Crippen LogP contribution in [0, 0.1) is 0 Å². The van der Waals surface area contributed by atoms with Crippen molar-refractivity contribution < 1.29 is 0 Å². The van der Waals surface area contributed by atoms with Crippen LogP contribution < -0.4 is 0 Å². The standard InChI is InChI=1S/C14H10N2S/c1-2-6-11(7-3-1)14-12(10-17-16-14)13-8-4-5-9-15-13/h1-10H. The van der Waals surface area contributed by atoms with Gasteiger partial charge in [0.25, 0.3) is 0 Å². The third kappa shape index (κ3) is 1.97. The molecule has 0 aliphatic rings. The highest BCUT2D eigenvalue weighted by Crippen LogP contribution is 2.31. The maximum atomic E-state index is 4.46. The molecule has 3 rings (SSSR count). The number of pyridine rings is 1. The Bertz CT molecular complexity index is 548. The van der Waals surface area contributed by atoms with Crippen LogP contribution in [0.5, 0.6) is 0 Å². The van der Waals surface area contributed by atoms with Crippen molar-refractivity contribution in [1.29, 1.82) is 0 Å². The maximum Gasteiger partial charge on any atom is 0.0934 e. The third-order valence-corrected chi connectivity index (χ3v) is 3.19. The first-order valence-corrected chi connectivity index (χ1v) is 6.20. The Morgan fingerprint density at radius 2 is 1.71 bits per heavy atom. The van der Waals surface area contributed by atoms with Gasteiger partial charge in [-0.15, -0.1) is 0 Å². The lowest BCUT2D eigenvalue weighted by Crippen LogP contribution is -1.84. The van der Waals surface area contributed by atoms with E-state index in [0.29, 0.717) is 0 Å². The fourth-order valence-corrected chi connectivity index (χ4v) is 2.44. The first-order valence-electron chi connectivity index (χ1n) is 5.36. The molecule has 0 saturated heterocycles. The fourth-order valence-electron chi connectivity index (χ4n) is 1.74. The van der Waals surface area contributed by atoms with Gasteiger partial charge in [-0.3, -0.25) is 4.98 Å². The van der Waals surface area contributed by atoms with Crippen LogP contribution in [-0.4, -0.2) is 9.36 Å². The second-order valence-corrected chi connectivity index (χ2v) is 4.29. The van der Waals surface area contributed by atoms with Gasteiger partial charge in [-0.1, -0.05) is 36.4 Å². The SMILES string of the molecule is c1ccc(-c2nscc2-c2ccccn2)cc1. The number of hydrogen-bond acceptors (Lipinski definition) is 3. The molecule has 0 N–H and O–H groups in total. The average Bonchev–Trinajstić information content (AvgIpc) is 2.90. The maximum absolute atomic E-state index is 4.46. The molecule has 3 heteroatoms. The molecule has 2 nitrogen and oxygen atoms in total. The normalized spacial score (nSPS) is 10.4. The molecule has 1 aromatic carbocycles. The molecular weight excluding hydrogens is 228 g/mol. The van der Waals surface area contributed by atoms with E-state index in [1.54, 1.807) is 0 Å². The van der Waals surface area contributed by atoms with E-state index in [0.717, 1.165) is 22.5 Å². The summed E-state index contributed by atoms with van der Waals surface area (Å²) in [5, 5.41) is 2.05. The Hall–Kier alpha value is -2.00. The predicted molar refractivity (Wildman–Crippen MR) is 70.8 cm³/mol. The number of aromatic nitrogens is 2. The summed E-state index contributed by atoms with van der Waals surface area (Å²) in [4.78, 5) is 4.37. The molecule has 0 amide bonds. The van der Waals surface area contributed by atoms with Crippen LogP contribution in [0.15, 0.2) is 60.1 Å². The van der Waals surface area contributed by atoms with Crippen LogP contribution >= 0.6 is 11.5 Å². The summed E-state index contributed by atoms with van der Waals surface area (Å²) >= 11 is 1.47. The van der Waals surface area contributed by atoms with Crippen LogP contribution in [-0.2, 0) is 0 Å². The van der Waals surface area contributed by atoms with Crippen LogP contribution in [0.2, 0.25) is 0 Å². The van der Waals surface area contributed by atoms with Crippen molar-refractivity contribution in [1.82, 2.24) is 9.36 Å². The summed E-state index contributed by atoms with van der Waals surface area (Å²) in [6.07, 6.45) is 1.81. The van der Waals surface area contributed by atoms with E-state index in [-0.39, 0.29) is 0 Å². The lowest BCUT2D eigenvalue weighted by atomic mass is 10.1. The van der Waals surface area contributed by atoms with Crippen molar-refractivity contribution in [2.24, 2.45) is 0 Å². The zero-order valence-electron chi connectivity index (χ0n) is 9.08. The second kappa shape index (κ2) is 4.47. The highest BCUT2D eigenvalue weighted by Gasteiger charge is 2.10. The summed E-state index contributed by atoms with van der Waals surface area (Å²) in [6.45, 7) is 0. The van der Waals surface area contributed by atoms with E-state index >= 15 is 0 Å². The summed E-state index contributed by atoms with van der Waals surface area (Å²) < 4.78 is 4.46. The minimum atomic E-state index is 0.972. The van der Waals surface area contributed by atoms with Crippen LogP contribution in [0.4, 0.5) is 0 Å². The van der Waals surface area contributed by atoms with Gasteiger partial charge in [-0.2, -0.15) is 4.37 Å². The van der Waals surface area contributed by atoms with Gasteiger partial charge < -0.3 is 0 Å². The quantitative estimate of drug-likeness (QED) is 0.677. The van der Waals surface area contributed by atoms with Crippen molar-refractivity contribution >= 4 is 11.5 Å². The number of hydrogen-bond donors (Lipinski definition) is 0. The van der Waals surface area contributed by atoms with Gasteiger partial charge in [0, 0.05) is 22.7 Å². The van der Waals surface area contributed by atoms with Crippen molar-refractivity contribution in [3.63, 3.8) is 0 Å². The van der Waals surface area contributed by atoms with Crippen molar-refractivity contribution in [3.8, 4) is 22.5 Å². The number of nitrogens with zero attached hydrogens (tertiary/aromatic N) is 2. The lowest BCUT2D eigenvalue weighted by molar-refractivity contribution is 1.33. The molecule has 3 aromatic rings. The Labute approximate surface area is 104 Å². The molecule has 0 radical (unpaired) electrons. The zero-order chi connectivity index (χ0) is 11.5. The largest absolute Gasteiger partial charge is 0.256 e. The smallest absolute Gasteiger partial charge is 0.0934 e. The molecule has 82 valence electrons. The van der Waals surface area contributed by atoms with E-state index in [1.807, 2.05) is 48.0 Å². The van der Waals surface area contributed by atoms with Gasteiger partial charge in [0.15, 0.2) is 0 Å². The fraction of sp³-hybridized carbons (Fsp3) is 0. The molecule has 0 atom stereocenters. The molecule has 0 aliphatic heterocycles. The topological polar surface area (TPSA) is 25.8 Å². The summed E-state index contributed by atoms with van der Waals surface area (Å²) in [6, 6.07) is 16.1. The first kappa shape index (κ1) is 10.2. The molecule has 2 aromatic heterocycles. The zero-order valence-corrected chi connectivity index (χ0v) is 9.89. The van der Waals surface area contributed by atoms with Gasteiger partial charge in [0.05, 0.1) is 11.4 Å². The monoisotopic (exact) mass is 238 g/mol. The van der Waals surface area contributed by atoms with Gasteiger partial charge >= 0.3 is 0 Å². The molecule has 0 saturated carbocycles. The number of benzene rings is 1. The Morgan fingerprint density at radius 3 is 2.47 bits per heavy atom. The Morgan fingerprint density at radius 1 is 0.882 bits per heavy atom. The van der Waals surface area contributed by atoms with E-state index in [2.05, 4.69) is 21.5 Å². The minimum Gasteiger partial charge on any atom is -0.256 e. The minimum absolute atomic E-state index is 0.972. The summed E-state index contributed by atoms with van der Waals surface area (Å²) in [7, 11) is 0. The molecule has 0 unspecified atom stereocenters. The average molecular weight is 238 g/mol. The van der Waals surface area contributed by atoms with Crippen LogP contribution in [0.25, 0.3) is 22.5 Å². The first-order chi connectivity index (χ1) is 8.45. The molecule has 0 bridgehead atoms. The van der Waals surface area contributed by atoms with Gasteiger partial charge in [0.2, 0.25) is 0 Å². The molecule has 0 spiro atoms. The number of rotatable bonds is 2. The molecule has 0 aliphatic carbocycles. The van der Waals surface area contributed by atoms with E-state index in [4.69, 9.17) is 0 Å². The van der Waals surface area contributed by atoms with Crippen LogP contribution in [0.1, 0.15) is 0 Å². The van der Waals surface area contributed by atoms with Crippen molar-refractivity contribution in [2.75, 3.05) is 0 Å². The molecule has 0 fully saturated rings.